The Bertz CT molecular complexity index is 692. The van der Waals surface area contributed by atoms with E-state index >= 15 is 0 Å². The number of hydrogen-bond acceptors (Lipinski definition) is 4. The van der Waals surface area contributed by atoms with Crippen LogP contribution in [-0.4, -0.2) is 66.9 Å². The molecule has 7 nitrogen and oxygen atoms in total. The lowest BCUT2D eigenvalue weighted by atomic mass is 10.2. The van der Waals surface area contributed by atoms with Crippen LogP contribution in [-0.2, 0) is 14.4 Å². The van der Waals surface area contributed by atoms with Gasteiger partial charge in [-0.3, -0.25) is 14.4 Å². The monoisotopic (exact) mass is 359 g/mol. The molecule has 0 unspecified atom stereocenters. The molecule has 3 amide bonds. The molecule has 140 valence electrons. The third kappa shape index (κ3) is 5.08. The molecule has 1 saturated heterocycles. The highest BCUT2D eigenvalue weighted by Crippen LogP contribution is 2.18. The van der Waals surface area contributed by atoms with Gasteiger partial charge in [0.15, 0.2) is 0 Å². The van der Waals surface area contributed by atoms with E-state index in [4.69, 9.17) is 4.74 Å². The molecule has 26 heavy (non-hydrogen) atoms. The summed E-state index contributed by atoms with van der Waals surface area (Å²) in [5, 5.41) is 2.59. The van der Waals surface area contributed by atoms with Crippen LogP contribution in [0.5, 0.6) is 5.75 Å². The average molecular weight is 359 g/mol. The number of amides is 3. The summed E-state index contributed by atoms with van der Waals surface area (Å²) in [7, 11) is 1.58. The Morgan fingerprint density at radius 2 is 1.69 bits per heavy atom. The zero-order valence-electron chi connectivity index (χ0n) is 15.4. The van der Waals surface area contributed by atoms with Gasteiger partial charge < -0.3 is 19.9 Å². The highest BCUT2D eigenvalue weighted by atomic mass is 16.5. The molecule has 1 N–H and O–H groups in total. The second-order valence-corrected chi connectivity index (χ2v) is 6.32. The minimum absolute atomic E-state index is 0.0885. The number of methoxy groups -OCH3 is 1. The fraction of sp³-hybridized carbons (Fsp3) is 0.421. The number of piperazine rings is 1. The van der Waals surface area contributed by atoms with Gasteiger partial charge in [0.05, 0.1) is 7.11 Å². The Labute approximate surface area is 153 Å². The van der Waals surface area contributed by atoms with E-state index in [1.165, 1.54) is 11.0 Å². The highest BCUT2D eigenvalue weighted by molar-refractivity contribution is 6.35. The molecule has 0 bridgehead atoms. The number of benzene rings is 1. The van der Waals surface area contributed by atoms with Crippen molar-refractivity contribution < 1.29 is 19.1 Å². The van der Waals surface area contributed by atoms with Gasteiger partial charge in [-0.2, -0.15) is 0 Å². The van der Waals surface area contributed by atoms with E-state index in [2.05, 4.69) is 5.32 Å². The van der Waals surface area contributed by atoms with Crippen LogP contribution in [0.25, 0.3) is 6.08 Å². The van der Waals surface area contributed by atoms with Crippen LogP contribution >= 0.6 is 0 Å². The van der Waals surface area contributed by atoms with Crippen molar-refractivity contribution >= 4 is 23.8 Å². The van der Waals surface area contributed by atoms with E-state index in [9.17, 15) is 14.4 Å². The minimum Gasteiger partial charge on any atom is -0.496 e. The summed E-state index contributed by atoms with van der Waals surface area (Å²) in [6.45, 7) is 5.09. The van der Waals surface area contributed by atoms with Crippen molar-refractivity contribution in [1.29, 1.82) is 0 Å². The van der Waals surface area contributed by atoms with Crippen LogP contribution < -0.4 is 10.1 Å². The van der Waals surface area contributed by atoms with Crippen molar-refractivity contribution in [2.24, 2.45) is 0 Å². The number of hydrogen-bond donors (Lipinski definition) is 1. The zero-order valence-corrected chi connectivity index (χ0v) is 15.4. The molecule has 1 aliphatic rings. The fourth-order valence-electron chi connectivity index (χ4n) is 2.67. The first kappa shape index (κ1) is 19.5. The van der Waals surface area contributed by atoms with Crippen LogP contribution in [0, 0.1) is 0 Å². The molecule has 0 atom stereocenters. The van der Waals surface area contributed by atoms with Gasteiger partial charge in [0, 0.05) is 43.9 Å². The molecule has 0 radical (unpaired) electrons. The quantitative estimate of drug-likeness (QED) is 0.640. The molecule has 0 saturated carbocycles. The molecule has 0 aliphatic carbocycles. The van der Waals surface area contributed by atoms with Crippen LogP contribution in [0.15, 0.2) is 30.3 Å². The number of carbonyl (C=O) groups is 3. The largest absolute Gasteiger partial charge is 0.496 e. The summed E-state index contributed by atoms with van der Waals surface area (Å²) in [6.07, 6.45) is 3.22. The number of carbonyl (C=O) groups excluding carboxylic acids is 3. The first-order valence-corrected chi connectivity index (χ1v) is 8.62. The van der Waals surface area contributed by atoms with Crippen LogP contribution in [0.3, 0.4) is 0 Å². The number of nitrogens with zero attached hydrogens (tertiary/aromatic N) is 2. The van der Waals surface area contributed by atoms with Crippen LogP contribution in [0.2, 0.25) is 0 Å². The lowest BCUT2D eigenvalue weighted by molar-refractivity contribution is -0.148. The Hall–Kier alpha value is -2.83. The third-order valence-electron chi connectivity index (χ3n) is 4.04. The molecule has 1 aromatic rings. The van der Waals surface area contributed by atoms with Gasteiger partial charge in [0.1, 0.15) is 5.75 Å². The second-order valence-electron chi connectivity index (χ2n) is 6.32. The van der Waals surface area contributed by atoms with E-state index in [-0.39, 0.29) is 11.9 Å². The van der Waals surface area contributed by atoms with Gasteiger partial charge in [0.2, 0.25) is 5.91 Å². The maximum Gasteiger partial charge on any atom is 0.312 e. The Morgan fingerprint density at radius 3 is 2.31 bits per heavy atom. The smallest absolute Gasteiger partial charge is 0.312 e. The predicted molar refractivity (Wildman–Crippen MR) is 98.5 cm³/mol. The normalized spacial score (nSPS) is 14.6. The van der Waals surface area contributed by atoms with Crippen molar-refractivity contribution in [3.05, 3.63) is 35.9 Å². The molecule has 1 heterocycles. The third-order valence-corrected chi connectivity index (χ3v) is 4.04. The molecular formula is C19H25N3O4. The van der Waals surface area contributed by atoms with Gasteiger partial charge in [-0.05, 0) is 26.0 Å². The van der Waals surface area contributed by atoms with Gasteiger partial charge in [0.25, 0.3) is 0 Å². The van der Waals surface area contributed by atoms with Crippen molar-refractivity contribution in [3.8, 4) is 5.75 Å². The summed E-state index contributed by atoms with van der Waals surface area (Å²) in [5.41, 5.74) is 0.822. The summed E-state index contributed by atoms with van der Waals surface area (Å²) in [5.74, 6) is -0.580. The van der Waals surface area contributed by atoms with Crippen LogP contribution in [0.4, 0.5) is 0 Å². The molecule has 0 aromatic heterocycles. The molecule has 0 spiro atoms. The predicted octanol–water partition coefficient (Wildman–Crippen LogP) is 0.904. The van der Waals surface area contributed by atoms with E-state index < -0.39 is 11.8 Å². The van der Waals surface area contributed by atoms with Crippen LogP contribution in [0.1, 0.15) is 19.4 Å². The Morgan fingerprint density at radius 1 is 1.08 bits per heavy atom. The van der Waals surface area contributed by atoms with Crippen molar-refractivity contribution in [1.82, 2.24) is 15.1 Å². The number of para-hydroxylation sites is 1. The van der Waals surface area contributed by atoms with E-state index in [0.29, 0.717) is 31.9 Å². The number of rotatable bonds is 4. The standard InChI is InChI=1S/C19H25N3O4/c1-14(2)20-18(24)19(25)22-12-10-21(11-13-22)17(23)9-8-15-6-4-5-7-16(15)26-3/h4-9,14H,10-13H2,1-3H3,(H,20,24). The molecule has 7 heteroatoms. The van der Waals surface area contributed by atoms with E-state index in [1.807, 2.05) is 24.3 Å². The van der Waals surface area contributed by atoms with Gasteiger partial charge in [-0.25, -0.2) is 0 Å². The first-order chi connectivity index (χ1) is 12.4. The van der Waals surface area contributed by atoms with E-state index in [1.54, 1.807) is 31.9 Å². The molecule has 2 rings (SSSR count). The SMILES string of the molecule is COc1ccccc1C=CC(=O)N1CCN(C(=O)C(=O)NC(C)C)CC1. The number of nitrogens with one attached hydrogen (secondary N) is 1. The summed E-state index contributed by atoms with van der Waals surface area (Å²) < 4.78 is 5.26. The van der Waals surface area contributed by atoms with Gasteiger partial charge >= 0.3 is 11.8 Å². The van der Waals surface area contributed by atoms with Crippen molar-refractivity contribution in [2.75, 3.05) is 33.3 Å². The number of ether oxygens (including phenoxy) is 1. The summed E-state index contributed by atoms with van der Waals surface area (Å²) >= 11 is 0. The van der Waals surface area contributed by atoms with Gasteiger partial charge in [-0.1, -0.05) is 18.2 Å². The molecule has 1 aliphatic heterocycles. The first-order valence-electron chi connectivity index (χ1n) is 8.62. The Balaban J connectivity index is 1.89. The maximum atomic E-state index is 12.3. The summed E-state index contributed by atoms with van der Waals surface area (Å²) in [4.78, 5) is 39.3. The Kier molecular flexibility index (Phi) is 6.77. The second kappa shape index (κ2) is 9.03. The summed E-state index contributed by atoms with van der Waals surface area (Å²) in [6, 6.07) is 7.35. The highest BCUT2D eigenvalue weighted by Gasteiger charge is 2.27. The average Bonchev–Trinajstić information content (AvgIpc) is 2.65. The lowest BCUT2D eigenvalue weighted by Gasteiger charge is -2.33. The molecular weight excluding hydrogens is 334 g/mol. The minimum atomic E-state index is -0.601. The molecule has 1 fully saturated rings. The fourth-order valence-corrected chi connectivity index (χ4v) is 2.67. The topological polar surface area (TPSA) is 79.0 Å². The molecule has 1 aromatic carbocycles. The van der Waals surface area contributed by atoms with Crippen molar-refractivity contribution in [2.45, 2.75) is 19.9 Å². The van der Waals surface area contributed by atoms with Gasteiger partial charge in [-0.15, -0.1) is 0 Å². The van der Waals surface area contributed by atoms with E-state index in [0.717, 1.165) is 5.56 Å². The zero-order chi connectivity index (χ0) is 19.1. The van der Waals surface area contributed by atoms with Crippen molar-refractivity contribution in [3.63, 3.8) is 0 Å². The maximum absolute atomic E-state index is 12.3. The lowest BCUT2D eigenvalue weighted by Crippen LogP contribution is -2.54.